The van der Waals surface area contributed by atoms with Crippen LogP contribution in [0.2, 0.25) is 0 Å². The lowest BCUT2D eigenvalue weighted by atomic mass is 10.3. The first-order valence-electron chi connectivity index (χ1n) is 2.54. The Morgan fingerprint density at radius 2 is 2.40 bits per heavy atom. The molecule has 1 aromatic rings. The van der Waals surface area contributed by atoms with E-state index in [0.717, 1.165) is 0 Å². The number of hydrogen-bond donors (Lipinski definition) is 1. The fraction of sp³-hybridized carbons (Fsp3) is 0. The Hall–Kier alpha value is -0.900. The number of carbonyl (C=O) groups excluding carboxylic acids is 1. The highest BCUT2D eigenvalue weighted by Gasteiger charge is 2.05. The number of hydrogen-bond acceptors (Lipinski definition) is 3. The third-order valence-electron chi connectivity index (χ3n) is 1.01. The van der Waals surface area contributed by atoms with Gasteiger partial charge < -0.3 is 5.11 Å². The molecule has 3 nitrogen and oxygen atoms in total. The van der Waals surface area contributed by atoms with Crippen molar-refractivity contribution in [3.63, 3.8) is 0 Å². The lowest BCUT2D eigenvalue weighted by Crippen LogP contribution is -1.88. The summed E-state index contributed by atoms with van der Waals surface area (Å²) in [7, 11) is 0. The summed E-state index contributed by atoms with van der Waals surface area (Å²) in [6.07, 6.45) is 2.66. The number of rotatable bonds is 1. The van der Waals surface area contributed by atoms with Crippen molar-refractivity contribution >= 4 is 20.6 Å². The Kier molecular flexibility index (Phi) is 2.01. The molecule has 1 N–H and O–H groups in total. The van der Waals surface area contributed by atoms with Crippen LogP contribution in [-0.2, 0) is 0 Å². The molecule has 0 radical (unpaired) electrons. The monoisotopic (exact) mass is 201 g/mol. The number of halogens is 1. The highest BCUT2D eigenvalue weighted by atomic mass is 79.9. The highest BCUT2D eigenvalue weighted by molar-refractivity contribution is 9.18. The Balaban J connectivity index is 3.15. The van der Waals surface area contributed by atoms with Crippen LogP contribution >= 0.6 is 15.9 Å². The minimum Gasteiger partial charge on any atom is -0.506 e. The van der Waals surface area contributed by atoms with Crippen molar-refractivity contribution in [2.24, 2.45) is 0 Å². The van der Waals surface area contributed by atoms with Crippen molar-refractivity contribution in [3.8, 4) is 5.75 Å². The molecule has 1 aromatic heterocycles. The zero-order valence-corrected chi connectivity index (χ0v) is 6.50. The molecule has 0 bridgehead atoms. The molecule has 0 atom stereocenters. The van der Waals surface area contributed by atoms with Crippen molar-refractivity contribution in [1.82, 2.24) is 4.98 Å². The third kappa shape index (κ3) is 1.33. The van der Waals surface area contributed by atoms with E-state index in [-0.39, 0.29) is 16.0 Å². The summed E-state index contributed by atoms with van der Waals surface area (Å²) >= 11 is 2.71. The van der Waals surface area contributed by atoms with Crippen molar-refractivity contribution < 1.29 is 9.90 Å². The van der Waals surface area contributed by atoms with Crippen LogP contribution in [0.25, 0.3) is 0 Å². The van der Waals surface area contributed by atoms with E-state index < -0.39 is 0 Å². The van der Waals surface area contributed by atoms with E-state index in [1.54, 1.807) is 0 Å². The van der Waals surface area contributed by atoms with Gasteiger partial charge in [-0.1, -0.05) is 0 Å². The molecular weight excluding hydrogens is 198 g/mol. The second-order valence-electron chi connectivity index (χ2n) is 1.67. The summed E-state index contributed by atoms with van der Waals surface area (Å²) in [6.45, 7) is 0. The summed E-state index contributed by atoms with van der Waals surface area (Å²) in [4.78, 5) is 14.2. The summed E-state index contributed by atoms with van der Waals surface area (Å²) in [6, 6.07) is 1.44. The average molecular weight is 202 g/mol. The SMILES string of the molecule is O=C(Br)c1ccncc1O. The van der Waals surface area contributed by atoms with Crippen molar-refractivity contribution in [2.75, 3.05) is 0 Å². The van der Waals surface area contributed by atoms with Crippen LogP contribution < -0.4 is 0 Å². The Morgan fingerprint density at radius 3 is 2.80 bits per heavy atom. The molecule has 4 heteroatoms. The maximum Gasteiger partial charge on any atom is 0.231 e. The molecule has 0 saturated carbocycles. The number of aromatic hydroxyl groups is 1. The maximum absolute atomic E-state index is 10.6. The van der Waals surface area contributed by atoms with E-state index >= 15 is 0 Å². The van der Waals surface area contributed by atoms with Gasteiger partial charge in [-0.05, 0) is 22.0 Å². The molecule has 0 fully saturated rings. The van der Waals surface area contributed by atoms with Crippen LogP contribution in [0.15, 0.2) is 18.5 Å². The van der Waals surface area contributed by atoms with Gasteiger partial charge >= 0.3 is 0 Å². The van der Waals surface area contributed by atoms with Gasteiger partial charge in [-0.15, -0.1) is 0 Å². The van der Waals surface area contributed by atoms with Crippen LogP contribution in [0.4, 0.5) is 0 Å². The molecule has 0 aliphatic heterocycles. The minimum absolute atomic E-state index is 0.107. The smallest absolute Gasteiger partial charge is 0.231 e. The van der Waals surface area contributed by atoms with Gasteiger partial charge in [0, 0.05) is 6.20 Å². The predicted octanol–water partition coefficient (Wildman–Crippen LogP) is 1.32. The fourth-order valence-corrected chi connectivity index (χ4v) is 0.888. The molecule has 0 amide bonds. The zero-order chi connectivity index (χ0) is 7.56. The number of carbonyl (C=O) groups is 1. The number of pyridine rings is 1. The van der Waals surface area contributed by atoms with Gasteiger partial charge in [0.25, 0.3) is 0 Å². The Morgan fingerprint density at radius 1 is 1.70 bits per heavy atom. The second-order valence-corrected chi connectivity index (χ2v) is 2.39. The van der Waals surface area contributed by atoms with Crippen LogP contribution in [0.5, 0.6) is 5.75 Å². The molecule has 0 aliphatic carbocycles. The Bertz CT molecular complexity index is 262. The predicted molar refractivity (Wildman–Crippen MR) is 39.2 cm³/mol. The van der Waals surface area contributed by atoms with Gasteiger partial charge in [-0.25, -0.2) is 0 Å². The molecule has 0 spiro atoms. The number of aromatic nitrogens is 1. The fourth-order valence-electron chi connectivity index (χ4n) is 0.552. The lowest BCUT2D eigenvalue weighted by Gasteiger charge is -1.94. The van der Waals surface area contributed by atoms with Crippen LogP contribution in [0.3, 0.4) is 0 Å². The molecule has 0 unspecified atom stereocenters. The van der Waals surface area contributed by atoms with Crippen LogP contribution in [0, 0.1) is 0 Å². The van der Waals surface area contributed by atoms with Gasteiger partial charge in [0.1, 0.15) is 5.75 Å². The van der Waals surface area contributed by atoms with E-state index in [4.69, 9.17) is 5.11 Å². The molecule has 10 heavy (non-hydrogen) atoms. The van der Waals surface area contributed by atoms with Gasteiger partial charge in [0.15, 0.2) is 0 Å². The lowest BCUT2D eigenvalue weighted by molar-refractivity contribution is 0.109. The molecule has 1 rings (SSSR count). The highest BCUT2D eigenvalue weighted by Crippen LogP contribution is 2.16. The molecule has 52 valence electrons. The first-order chi connectivity index (χ1) is 4.72. The third-order valence-corrected chi connectivity index (χ3v) is 1.44. The maximum atomic E-state index is 10.6. The average Bonchev–Trinajstić information content (AvgIpc) is 1.88. The topological polar surface area (TPSA) is 50.2 Å². The first-order valence-corrected chi connectivity index (χ1v) is 3.34. The van der Waals surface area contributed by atoms with Crippen molar-refractivity contribution in [2.45, 2.75) is 0 Å². The van der Waals surface area contributed by atoms with Crippen molar-refractivity contribution in [3.05, 3.63) is 24.0 Å². The molecular formula is C6H4BrNO2. The number of nitrogens with zero attached hydrogens (tertiary/aromatic N) is 1. The molecule has 0 saturated heterocycles. The molecule has 1 heterocycles. The van der Waals surface area contributed by atoms with E-state index in [9.17, 15) is 4.79 Å². The second kappa shape index (κ2) is 2.79. The van der Waals surface area contributed by atoms with E-state index in [1.807, 2.05) is 0 Å². The molecule has 0 aliphatic rings. The molecule has 0 aromatic carbocycles. The summed E-state index contributed by atoms with van der Waals surface area (Å²) in [5.41, 5.74) is 0.231. The standard InChI is InChI=1S/C6H4BrNO2/c7-6(10)4-1-2-8-3-5(4)9/h1-3,9H. The van der Waals surface area contributed by atoms with E-state index in [1.165, 1.54) is 18.5 Å². The zero-order valence-electron chi connectivity index (χ0n) is 4.91. The van der Waals surface area contributed by atoms with E-state index in [0.29, 0.717) is 0 Å². The summed E-state index contributed by atoms with van der Waals surface area (Å²) in [5.74, 6) is -0.107. The minimum atomic E-state index is -0.340. The van der Waals surface area contributed by atoms with Gasteiger partial charge in [-0.3, -0.25) is 9.78 Å². The Labute approximate surface area is 65.8 Å². The van der Waals surface area contributed by atoms with Crippen molar-refractivity contribution in [1.29, 1.82) is 0 Å². The summed E-state index contributed by atoms with van der Waals surface area (Å²) < 4.78 is -0.340. The van der Waals surface area contributed by atoms with Gasteiger partial charge in [-0.2, -0.15) is 0 Å². The van der Waals surface area contributed by atoms with Gasteiger partial charge in [0.05, 0.1) is 11.8 Å². The van der Waals surface area contributed by atoms with Gasteiger partial charge in [0.2, 0.25) is 4.69 Å². The quantitative estimate of drug-likeness (QED) is 0.698. The van der Waals surface area contributed by atoms with Crippen LogP contribution in [-0.4, -0.2) is 14.8 Å². The van der Waals surface area contributed by atoms with Crippen LogP contribution in [0.1, 0.15) is 10.4 Å². The van der Waals surface area contributed by atoms with E-state index in [2.05, 4.69) is 20.9 Å². The first kappa shape index (κ1) is 7.21. The largest absolute Gasteiger partial charge is 0.506 e. The summed E-state index contributed by atoms with van der Waals surface area (Å²) in [5, 5.41) is 8.97. The normalized spacial score (nSPS) is 9.30.